The van der Waals surface area contributed by atoms with E-state index >= 15 is 0 Å². The molecular formula is C28H31Cl2N5O4S. The largest absolute Gasteiger partial charge is 0.462 e. The predicted octanol–water partition coefficient (Wildman–Crippen LogP) is 6.20. The molecule has 2 aromatic carbocycles. The van der Waals surface area contributed by atoms with Crippen molar-refractivity contribution >= 4 is 58.4 Å². The van der Waals surface area contributed by atoms with Crippen molar-refractivity contribution in [2.45, 2.75) is 44.9 Å². The summed E-state index contributed by atoms with van der Waals surface area (Å²) in [4.78, 5) is 37.8. The van der Waals surface area contributed by atoms with Gasteiger partial charge in [-0.3, -0.25) is 9.59 Å². The first kappa shape index (κ1) is 31.2. The summed E-state index contributed by atoms with van der Waals surface area (Å²) in [5.74, 6) is -0.298. The van der Waals surface area contributed by atoms with Gasteiger partial charge in [-0.05, 0) is 55.7 Å². The number of benzene rings is 2. The fraction of sp³-hybridized carbons (Fsp3) is 0.321. The molecular weight excluding hydrogens is 573 g/mol. The average molecular weight is 605 g/mol. The smallest absolute Gasteiger partial charge is 0.338 e. The van der Waals surface area contributed by atoms with Crippen molar-refractivity contribution in [1.29, 1.82) is 0 Å². The van der Waals surface area contributed by atoms with Gasteiger partial charge in [0.2, 0.25) is 5.91 Å². The van der Waals surface area contributed by atoms with Gasteiger partial charge in [0.15, 0.2) is 11.0 Å². The molecule has 2 amide bonds. The zero-order valence-corrected chi connectivity index (χ0v) is 24.8. The predicted molar refractivity (Wildman–Crippen MR) is 158 cm³/mol. The van der Waals surface area contributed by atoms with Crippen molar-refractivity contribution in [2.24, 2.45) is 5.92 Å². The van der Waals surface area contributed by atoms with E-state index in [1.54, 1.807) is 49.4 Å². The van der Waals surface area contributed by atoms with E-state index in [2.05, 4.69) is 27.4 Å². The standard InChI is InChI=1S/C28H31Cl2N5O4S/c1-5-12-35-25(23(13-17(3)4)32-26(37)21-11-10-19(29)15-22(21)30)33-34-28(35)40-16-24(36)31-20-9-7-8-18(14-20)27(38)39-6-2/h5,7-11,14-15,17,23H,1,6,12-13,16H2,2-4H3,(H,31,36)(H,32,37)/t23-/m0/s1. The Bertz CT molecular complexity index is 1380. The van der Waals surface area contributed by atoms with Gasteiger partial charge in [0.1, 0.15) is 0 Å². The van der Waals surface area contributed by atoms with Gasteiger partial charge in [0.25, 0.3) is 5.91 Å². The van der Waals surface area contributed by atoms with Crippen molar-refractivity contribution in [1.82, 2.24) is 20.1 Å². The molecule has 0 saturated heterocycles. The van der Waals surface area contributed by atoms with Crippen LogP contribution in [0.4, 0.5) is 5.69 Å². The third kappa shape index (κ3) is 8.58. The van der Waals surface area contributed by atoms with Crippen LogP contribution < -0.4 is 10.6 Å². The highest BCUT2D eigenvalue weighted by Gasteiger charge is 2.25. The third-order valence-corrected chi connectivity index (χ3v) is 7.06. The molecule has 3 aromatic rings. The molecule has 12 heteroatoms. The molecule has 3 rings (SSSR count). The molecule has 0 aliphatic heterocycles. The van der Waals surface area contributed by atoms with E-state index in [-0.39, 0.29) is 35.1 Å². The van der Waals surface area contributed by atoms with Crippen molar-refractivity contribution < 1.29 is 19.1 Å². The van der Waals surface area contributed by atoms with E-state index in [4.69, 9.17) is 27.9 Å². The fourth-order valence-corrected chi connectivity index (χ4v) is 5.09. The first-order valence-electron chi connectivity index (χ1n) is 12.6. The van der Waals surface area contributed by atoms with Gasteiger partial charge < -0.3 is 19.9 Å². The van der Waals surface area contributed by atoms with Crippen LogP contribution in [0, 0.1) is 5.92 Å². The highest BCUT2D eigenvalue weighted by atomic mass is 35.5. The monoisotopic (exact) mass is 603 g/mol. The van der Waals surface area contributed by atoms with Crippen LogP contribution in [0.2, 0.25) is 10.0 Å². The number of thioether (sulfide) groups is 1. The molecule has 0 saturated carbocycles. The first-order chi connectivity index (χ1) is 19.1. The summed E-state index contributed by atoms with van der Waals surface area (Å²) in [5, 5.41) is 15.7. The van der Waals surface area contributed by atoms with Crippen molar-refractivity contribution in [3.63, 3.8) is 0 Å². The summed E-state index contributed by atoms with van der Waals surface area (Å²) in [6, 6.07) is 10.8. The lowest BCUT2D eigenvalue weighted by Crippen LogP contribution is -2.32. The molecule has 212 valence electrons. The van der Waals surface area contributed by atoms with Gasteiger partial charge in [0.05, 0.1) is 34.6 Å². The number of halogens is 2. The molecule has 0 radical (unpaired) electrons. The Balaban J connectivity index is 1.75. The van der Waals surface area contributed by atoms with Gasteiger partial charge in [-0.2, -0.15) is 0 Å². The van der Waals surface area contributed by atoms with Crippen molar-refractivity contribution in [3.05, 3.63) is 82.1 Å². The van der Waals surface area contributed by atoms with Crippen LogP contribution >= 0.6 is 35.0 Å². The normalized spacial score (nSPS) is 11.7. The van der Waals surface area contributed by atoms with Gasteiger partial charge in [0, 0.05) is 17.3 Å². The lowest BCUT2D eigenvalue weighted by atomic mass is 10.0. The second-order valence-electron chi connectivity index (χ2n) is 9.16. The van der Waals surface area contributed by atoms with Gasteiger partial charge in [-0.15, -0.1) is 16.8 Å². The minimum absolute atomic E-state index is 0.0422. The second-order valence-corrected chi connectivity index (χ2v) is 10.9. The molecule has 0 aliphatic rings. The Morgan fingerprint density at radius 2 is 1.93 bits per heavy atom. The van der Waals surface area contributed by atoms with E-state index in [0.717, 1.165) is 0 Å². The molecule has 0 unspecified atom stereocenters. The van der Waals surface area contributed by atoms with Crippen LogP contribution in [0.5, 0.6) is 0 Å². The summed E-state index contributed by atoms with van der Waals surface area (Å²) < 4.78 is 6.84. The number of allylic oxidation sites excluding steroid dienone is 1. The summed E-state index contributed by atoms with van der Waals surface area (Å²) >= 11 is 13.4. The van der Waals surface area contributed by atoms with Crippen LogP contribution in [0.15, 0.2) is 60.3 Å². The number of nitrogens with zero attached hydrogens (tertiary/aromatic N) is 3. The Kier molecular flexibility index (Phi) is 11.6. The average Bonchev–Trinajstić information content (AvgIpc) is 3.29. The summed E-state index contributed by atoms with van der Waals surface area (Å²) in [7, 11) is 0. The van der Waals surface area contributed by atoms with Crippen molar-refractivity contribution in [2.75, 3.05) is 17.7 Å². The molecule has 2 N–H and O–H groups in total. The summed E-state index contributed by atoms with van der Waals surface area (Å²) in [5.41, 5.74) is 1.12. The van der Waals surface area contributed by atoms with E-state index in [1.807, 2.05) is 18.4 Å². The molecule has 0 bridgehead atoms. The Morgan fingerprint density at radius 3 is 2.60 bits per heavy atom. The lowest BCUT2D eigenvalue weighted by molar-refractivity contribution is -0.113. The topological polar surface area (TPSA) is 115 Å². The summed E-state index contributed by atoms with van der Waals surface area (Å²) in [6.07, 6.45) is 2.29. The van der Waals surface area contributed by atoms with Crippen molar-refractivity contribution in [3.8, 4) is 0 Å². The van der Waals surface area contributed by atoms with Crippen LogP contribution in [0.1, 0.15) is 59.8 Å². The molecule has 1 heterocycles. The highest BCUT2D eigenvalue weighted by Crippen LogP contribution is 2.27. The number of rotatable bonds is 13. The van der Waals surface area contributed by atoms with E-state index in [9.17, 15) is 14.4 Å². The van der Waals surface area contributed by atoms with Gasteiger partial charge in [-0.25, -0.2) is 4.79 Å². The van der Waals surface area contributed by atoms with Crippen LogP contribution in [-0.4, -0.2) is 44.9 Å². The zero-order valence-electron chi connectivity index (χ0n) is 22.4. The Labute approximate surface area is 247 Å². The number of esters is 1. The maximum atomic E-state index is 13.1. The molecule has 9 nitrogen and oxygen atoms in total. The number of hydrogen-bond donors (Lipinski definition) is 2. The third-order valence-electron chi connectivity index (χ3n) is 5.55. The minimum atomic E-state index is -0.472. The SMILES string of the molecule is C=CCn1c(SCC(=O)Nc2cccc(C(=O)OCC)c2)nnc1[C@H](CC(C)C)NC(=O)c1ccc(Cl)cc1Cl. The van der Waals surface area contributed by atoms with Gasteiger partial charge in [-0.1, -0.05) is 61.0 Å². The van der Waals surface area contributed by atoms with E-state index < -0.39 is 12.0 Å². The van der Waals surface area contributed by atoms with E-state index in [0.29, 0.717) is 45.8 Å². The number of amides is 2. The number of nitrogens with one attached hydrogen (secondary N) is 2. The number of aromatic nitrogens is 3. The van der Waals surface area contributed by atoms with E-state index in [1.165, 1.54) is 17.8 Å². The number of hydrogen-bond acceptors (Lipinski definition) is 7. The van der Waals surface area contributed by atoms with Crippen LogP contribution in [0.25, 0.3) is 0 Å². The Morgan fingerprint density at radius 1 is 1.15 bits per heavy atom. The molecule has 1 aromatic heterocycles. The quantitative estimate of drug-likeness (QED) is 0.136. The van der Waals surface area contributed by atoms with Gasteiger partial charge >= 0.3 is 5.97 Å². The maximum Gasteiger partial charge on any atom is 0.338 e. The lowest BCUT2D eigenvalue weighted by Gasteiger charge is -2.21. The molecule has 0 spiro atoms. The minimum Gasteiger partial charge on any atom is -0.462 e. The number of ether oxygens (including phenoxy) is 1. The molecule has 1 atom stereocenters. The van der Waals surface area contributed by atoms with Crippen LogP contribution in [-0.2, 0) is 16.1 Å². The highest BCUT2D eigenvalue weighted by molar-refractivity contribution is 7.99. The summed E-state index contributed by atoms with van der Waals surface area (Å²) in [6.45, 7) is 10.3. The number of carbonyl (C=O) groups excluding carboxylic acids is 3. The number of carbonyl (C=O) groups is 3. The van der Waals surface area contributed by atoms with Crippen LogP contribution in [0.3, 0.4) is 0 Å². The number of anilines is 1. The molecule has 0 fully saturated rings. The molecule has 40 heavy (non-hydrogen) atoms. The molecule has 0 aliphatic carbocycles. The fourth-order valence-electron chi connectivity index (χ4n) is 3.84. The first-order valence-corrected chi connectivity index (χ1v) is 14.4. The Hall–Kier alpha value is -3.34. The second kappa shape index (κ2) is 14.9. The maximum absolute atomic E-state index is 13.1. The zero-order chi connectivity index (χ0) is 29.2.